The lowest BCUT2D eigenvalue weighted by Gasteiger charge is -2.29. The van der Waals surface area contributed by atoms with Crippen molar-refractivity contribution in [2.45, 2.75) is 45.6 Å². The van der Waals surface area contributed by atoms with Crippen LogP contribution in [0.1, 0.15) is 44.6 Å². The van der Waals surface area contributed by atoms with Crippen molar-refractivity contribution >= 4 is 45.5 Å². The van der Waals surface area contributed by atoms with Crippen LogP contribution in [0.4, 0.5) is 24.5 Å². The third-order valence-corrected chi connectivity index (χ3v) is 7.25. The molecule has 42 heavy (non-hydrogen) atoms. The maximum Gasteiger partial charge on any atom is 0.293 e. The van der Waals surface area contributed by atoms with Gasteiger partial charge >= 0.3 is 0 Å². The molecule has 0 radical (unpaired) electrons. The van der Waals surface area contributed by atoms with Gasteiger partial charge in [0, 0.05) is 24.2 Å². The first-order chi connectivity index (χ1) is 19.8. The number of likely N-dealkylation sites (N-methyl/N-ethyl adjacent to an activating group) is 1. The maximum absolute atomic E-state index is 15.6. The summed E-state index contributed by atoms with van der Waals surface area (Å²) in [7, 11) is 3.79. The van der Waals surface area contributed by atoms with Crippen LogP contribution in [0.3, 0.4) is 0 Å². The van der Waals surface area contributed by atoms with Crippen LogP contribution in [0.25, 0.3) is 10.9 Å². The SMILES string of the molecule is C/C=C/C(F)(F)c1cc(N2C(=O)C(C)(C)N(c3cc(F)c4nc(CC)nc(OCCN(C)C)c4c3)C2=S)ccc1C#N. The van der Waals surface area contributed by atoms with Crippen LogP contribution in [-0.2, 0) is 17.1 Å². The summed E-state index contributed by atoms with van der Waals surface area (Å²) in [6.07, 6.45) is 2.33. The molecule has 1 fully saturated rings. The molecule has 1 aliphatic heterocycles. The van der Waals surface area contributed by atoms with Crippen LogP contribution in [0.2, 0.25) is 0 Å². The molecular formula is C30H31F3N6O2S. The third-order valence-electron chi connectivity index (χ3n) is 6.89. The Bertz CT molecular complexity index is 1630. The summed E-state index contributed by atoms with van der Waals surface area (Å²) in [5, 5.41) is 9.71. The number of amides is 1. The van der Waals surface area contributed by atoms with Gasteiger partial charge in [0.05, 0.1) is 22.7 Å². The highest BCUT2D eigenvalue weighted by Gasteiger charge is 2.51. The van der Waals surface area contributed by atoms with E-state index in [9.17, 15) is 18.8 Å². The number of nitrogens with zero attached hydrogens (tertiary/aromatic N) is 6. The zero-order valence-corrected chi connectivity index (χ0v) is 25.0. The number of rotatable bonds is 9. The Labute approximate surface area is 248 Å². The molecule has 1 aromatic heterocycles. The summed E-state index contributed by atoms with van der Waals surface area (Å²) < 4.78 is 51.4. The first-order valence-corrected chi connectivity index (χ1v) is 13.7. The van der Waals surface area contributed by atoms with Gasteiger partial charge in [0.2, 0.25) is 5.88 Å². The number of thiocarbonyl (C=S) groups is 1. The average Bonchev–Trinajstić information content (AvgIpc) is 3.10. The van der Waals surface area contributed by atoms with E-state index in [1.54, 1.807) is 26.0 Å². The number of carbonyl (C=O) groups is 1. The third kappa shape index (κ3) is 5.54. The summed E-state index contributed by atoms with van der Waals surface area (Å²) in [6.45, 7) is 7.40. The van der Waals surface area contributed by atoms with Gasteiger partial charge in [-0.1, -0.05) is 13.0 Å². The number of anilines is 2. The van der Waals surface area contributed by atoms with E-state index in [-0.39, 0.29) is 33.4 Å². The Morgan fingerprint density at radius 3 is 2.52 bits per heavy atom. The quantitative estimate of drug-likeness (QED) is 0.229. The Kier molecular flexibility index (Phi) is 8.57. The van der Waals surface area contributed by atoms with Crippen LogP contribution in [0.15, 0.2) is 42.5 Å². The van der Waals surface area contributed by atoms with Crippen molar-refractivity contribution in [3.8, 4) is 11.9 Å². The van der Waals surface area contributed by atoms with Gasteiger partial charge in [0.1, 0.15) is 23.5 Å². The molecule has 8 nitrogen and oxygen atoms in total. The number of nitriles is 1. The summed E-state index contributed by atoms with van der Waals surface area (Å²) in [6, 6.07) is 8.31. The van der Waals surface area contributed by atoms with Crippen molar-refractivity contribution in [2.75, 3.05) is 37.0 Å². The van der Waals surface area contributed by atoms with Gasteiger partial charge in [-0.05, 0) is 83.5 Å². The van der Waals surface area contributed by atoms with Gasteiger partial charge in [0.15, 0.2) is 10.9 Å². The van der Waals surface area contributed by atoms with Gasteiger partial charge in [-0.15, -0.1) is 0 Å². The molecule has 0 aliphatic carbocycles. The topological polar surface area (TPSA) is 85.6 Å². The van der Waals surface area contributed by atoms with Crippen molar-refractivity contribution in [3.63, 3.8) is 0 Å². The molecule has 1 saturated heterocycles. The summed E-state index contributed by atoms with van der Waals surface area (Å²) in [5.41, 5.74) is -1.76. The Morgan fingerprint density at radius 2 is 1.90 bits per heavy atom. The number of hydrogen-bond donors (Lipinski definition) is 0. The highest BCUT2D eigenvalue weighted by molar-refractivity contribution is 7.81. The van der Waals surface area contributed by atoms with E-state index in [0.29, 0.717) is 36.9 Å². The molecule has 0 unspecified atom stereocenters. The lowest BCUT2D eigenvalue weighted by Crippen LogP contribution is -2.44. The predicted molar refractivity (Wildman–Crippen MR) is 159 cm³/mol. The fraction of sp³-hybridized carbons (Fsp3) is 0.367. The fourth-order valence-electron chi connectivity index (χ4n) is 4.71. The summed E-state index contributed by atoms with van der Waals surface area (Å²) in [4.78, 5) is 27.1. The van der Waals surface area contributed by atoms with Crippen LogP contribution >= 0.6 is 12.2 Å². The van der Waals surface area contributed by atoms with E-state index in [4.69, 9.17) is 17.0 Å². The molecule has 3 aromatic rings. The fourth-order valence-corrected chi connectivity index (χ4v) is 5.24. The second-order valence-corrected chi connectivity index (χ2v) is 10.9. The number of halogens is 3. The van der Waals surface area contributed by atoms with Crippen molar-refractivity contribution in [1.29, 1.82) is 5.26 Å². The number of allylic oxidation sites excluding steroid dienone is 2. The molecule has 1 aliphatic rings. The van der Waals surface area contributed by atoms with Crippen molar-refractivity contribution in [3.05, 3.63) is 65.3 Å². The number of benzene rings is 2. The highest BCUT2D eigenvalue weighted by Crippen LogP contribution is 2.41. The molecule has 220 valence electrons. The highest BCUT2D eigenvalue weighted by atomic mass is 32.1. The van der Waals surface area contributed by atoms with Gasteiger partial charge in [0.25, 0.3) is 11.8 Å². The van der Waals surface area contributed by atoms with E-state index in [1.807, 2.05) is 25.9 Å². The molecule has 2 heterocycles. The Morgan fingerprint density at radius 1 is 1.19 bits per heavy atom. The minimum absolute atomic E-state index is 0.0464. The second kappa shape index (κ2) is 11.7. The average molecular weight is 597 g/mol. The van der Waals surface area contributed by atoms with E-state index < -0.39 is 28.7 Å². The molecule has 12 heteroatoms. The summed E-state index contributed by atoms with van der Waals surface area (Å²) >= 11 is 5.71. The van der Waals surface area contributed by atoms with E-state index in [1.165, 1.54) is 36.1 Å². The molecule has 2 aromatic carbocycles. The van der Waals surface area contributed by atoms with Crippen molar-refractivity contribution < 1.29 is 22.7 Å². The standard InChI is InChI=1S/C30H31F3N6O2S/c1-7-11-30(32,33)22-15-19(10-9-18(22)17-34)38-27(40)29(3,4)39(28(38)42)20-14-21-25(23(31)16-20)35-24(8-2)36-26(21)41-13-12-37(5)6/h7,9-11,14-16H,8,12-13H2,1-6H3/b11-7+. The Balaban J connectivity index is 1.83. The number of carbonyl (C=O) groups excluding carboxylic acids is 1. The molecule has 1 amide bonds. The number of hydrogen-bond acceptors (Lipinski definition) is 7. The van der Waals surface area contributed by atoms with Gasteiger partial charge in [-0.2, -0.15) is 19.0 Å². The van der Waals surface area contributed by atoms with Gasteiger partial charge < -0.3 is 14.5 Å². The van der Waals surface area contributed by atoms with Crippen LogP contribution in [0, 0.1) is 17.1 Å². The molecular weight excluding hydrogens is 565 g/mol. The Hall–Kier alpha value is -4.08. The molecule has 0 saturated carbocycles. The largest absolute Gasteiger partial charge is 0.476 e. The van der Waals surface area contributed by atoms with Gasteiger partial charge in [-0.25, -0.2) is 9.37 Å². The van der Waals surface area contributed by atoms with Crippen LogP contribution in [-0.4, -0.2) is 58.7 Å². The molecule has 0 atom stereocenters. The molecule has 0 spiro atoms. The number of fused-ring (bicyclic) bond motifs is 1. The number of alkyl halides is 2. The van der Waals surface area contributed by atoms with Gasteiger partial charge in [-0.3, -0.25) is 9.69 Å². The predicted octanol–water partition coefficient (Wildman–Crippen LogP) is 5.73. The lowest BCUT2D eigenvalue weighted by molar-refractivity contribution is -0.120. The first kappa shape index (κ1) is 30.9. The smallest absolute Gasteiger partial charge is 0.293 e. The van der Waals surface area contributed by atoms with Crippen LogP contribution < -0.4 is 14.5 Å². The molecule has 0 N–H and O–H groups in total. The number of aromatic nitrogens is 2. The molecule has 0 bridgehead atoms. The first-order valence-electron chi connectivity index (χ1n) is 13.3. The lowest BCUT2D eigenvalue weighted by atomic mass is 9.99. The normalized spacial score (nSPS) is 15.4. The zero-order valence-electron chi connectivity index (χ0n) is 24.2. The minimum Gasteiger partial charge on any atom is -0.476 e. The van der Waals surface area contributed by atoms with E-state index >= 15 is 4.39 Å². The molecule has 4 rings (SSSR count). The maximum atomic E-state index is 15.6. The monoisotopic (exact) mass is 596 g/mol. The van der Waals surface area contributed by atoms with Crippen LogP contribution in [0.5, 0.6) is 5.88 Å². The van der Waals surface area contributed by atoms with Crippen molar-refractivity contribution in [2.24, 2.45) is 0 Å². The summed E-state index contributed by atoms with van der Waals surface area (Å²) in [5.74, 6) is -4.02. The second-order valence-electron chi connectivity index (χ2n) is 10.6. The number of aryl methyl sites for hydroxylation is 1. The van der Waals surface area contributed by atoms with Crippen molar-refractivity contribution in [1.82, 2.24) is 14.9 Å². The minimum atomic E-state index is -3.46. The number of ether oxygens (including phenoxy) is 1. The van der Waals surface area contributed by atoms with E-state index in [0.717, 1.165) is 11.0 Å². The van der Waals surface area contributed by atoms with E-state index in [2.05, 4.69) is 9.97 Å². The zero-order chi connectivity index (χ0) is 31.0.